The molecular weight excluding hydrogens is 310 g/mol. The van der Waals surface area contributed by atoms with Crippen molar-refractivity contribution in [3.63, 3.8) is 0 Å². The van der Waals surface area contributed by atoms with Crippen LogP contribution in [0.3, 0.4) is 0 Å². The molecule has 2 heterocycles. The predicted molar refractivity (Wildman–Crippen MR) is 91.7 cm³/mol. The first-order chi connectivity index (χ1) is 11.0. The van der Waals surface area contributed by atoms with Crippen LogP contribution < -0.4 is 5.32 Å². The van der Waals surface area contributed by atoms with Crippen LogP contribution >= 0.6 is 11.3 Å². The molecule has 2 N–H and O–H groups in total. The number of carbonyl (C=O) groups excluding carboxylic acids is 1. The Bertz CT molecular complexity index is 554. The highest BCUT2D eigenvalue weighted by atomic mass is 32.1. The maximum atomic E-state index is 12.4. The van der Waals surface area contributed by atoms with E-state index in [-0.39, 0.29) is 18.0 Å². The molecule has 0 spiro atoms. The van der Waals surface area contributed by atoms with Gasteiger partial charge < -0.3 is 10.4 Å². The lowest BCUT2D eigenvalue weighted by molar-refractivity contribution is -0.123. The van der Waals surface area contributed by atoms with Gasteiger partial charge in [0.05, 0.1) is 29.3 Å². The molecule has 0 bridgehead atoms. The third-order valence-corrected chi connectivity index (χ3v) is 6.17. The van der Waals surface area contributed by atoms with Crippen molar-refractivity contribution in [2.75, 3.05) is 13.1 Å². The van der Waals surface area contributed by atoms with Crippen LogP contribution in [-0.4, -0.2) is 52.2 Å². The number of aryl methyl sites for hydroxylation is 2. The van der Waals surface area contributed by atoms with E-state index >= 15 is 0 Å². The number of rotatable bonds is 4. The minimum atomic E-state index is -0.449. The number of likely N-dealkylation sites (tertiary alicyclic amines) is 1. The van der Waals surface area contributed by atoms with E-state index in [0.717, 1.165) is 47.9 Å². The molecule has 2 fully saturated rings. The fraction of sp³-hybridized carbons (Fsp3) is 0.765. The minimum Gasteiger partial charge on any atom is -0.389 e. The fourth-order valence-electron chi connectivity index (χ4n) is 3.93. The van der Waals surface area contributed by atoms with Gasteiger partial charge in [0.25, 0.3) is 0 Å². The van der Waals surface area contributed by atoms with E-state index in [2.05, 4.69) is 15.2 Å². The predicted octanol–water partition coefficient (Wildman–Crippen LogP) is 1.80. The van der Waals surface area contributed by atoms with Gasteiger partial charge in [-0.1, -0.05) is 0 Å². The molecule has 1 aromatic rings. The molecule has 3 atom stereocenters. The number of aromatic nitrogens is 1. The zero-order valence-corrected chi connectivity index (χ0v) is 14.9. The van der Waals surface area contributed by atoms with Gasteiger partial charge in [-0.05, 0) is 59.0 Å². The molecule has 1 aliphatic carbocycles. The third kappa shape index (κ3) is 3.92. The van der Waals surface area contributed by atoms with Gasteiger partial charge in [0.15, 0.2) is 0 Å². The summed E-state index contributed by atoms with van der Waals surface area (Å²) in [6.07, 6.45) is 5.36. The zero-order valence-electron chi connectivity index (χ0n) is 14.0. The summed E-state index contributed by atoms with van der Waals surface area (Å²) >= 11 is 1.58. The smallest absolute Gasteiger partial charge is 0.225 e. The van der Waals surface area contributed by atoms with Gasteiger partial charge in [-0.3, -0.25) is 9.69 Å². The molecule has 2 aliphatic rings. The Hall–Kier alpha value is -0.980. The molecular formula is C17H27N3O2S. The summed E-state index contributed by atoms with van der Waals surface area (Å²) in [6, 6.07) is 0.0973. The van der Waals surface area contributed by atoms with E-state index in [0.29, 0.717) is 6.42 Å². The summed E-state index contributed by atoms with van der Waals surface area (Å²) in [6.45, 7) is 6.08. The molecule has 3 rings (SSSR count). The second kappa shape index (κ2) is 7.28. The van der Waals surface area contributed by atoms with Gasteiger partial charge in [0, 0.05) is 10.9 Å². The van der Waals surface area contributed by atoms with Crippen LogP contribution in [0.2, 0.25) is 0 Å². The molecule has 1 amide bonds. The van der Waals surface area contributed by atoms with Crippen molar-refractivity contribution in [2.24, 2.45) is 0 Å². The summed E-state index contributed by atoms with van der Waals surface area (Å²) < 4.78 is 0. The number of nitrogens with one attached hydrogen (secondary N) is 1. The molecule has 6 heteroatoms. The Morgan fingerprint density at radius 3 is 2.70 bits per heavy atom. The van der Waals surface area contributed by atoms with E-state index in [1.165, 1.54) is 12.8 Å². The third-order valence-electron chi connectivity index (χ3n) is 5.10. The Balaban J connectivity index is 1.57. The topological polar surface area (TPSA) is 65.5 Å². The van der Waals surface area contributed by atoms with Crippen LogP contribution in [0.5, 0.6) is 0 Å². The first kappa shape index (κ1) is 16.9. The van der Waals surface area contributed by atoms with E-state index in [1.54, 1.807) is 11.3 Å². The summed E-state index contributed by atoms with van der Waals surface area (Å²) in [4.78, 5) is 20.2. The normalized spacial score (nSPS) is 28.9. The lowest BCUT2D eigenvalue weighted by Crippen LogP contribution is -2.56. The summed E-state index contributed by atoms with van der Waals surface area (Å²) in [5, 5.41) is 14.8. The monoisotopic (exact) mass is 337 g/mol. The molecule has 128 valence electrons. The van der Waals surface area contributed by atoms with Gasteiger partial charge in [-0.15, -0.1) is 11.3 Å². The van der Waals surface area contributed by atoms with Crippen molar-refractivity contribution in [2.45, 2.75) is 70.6 Å². The van der Waals surface area contributed by atoms with Gasteiger partial charge in [-0.25, -0.2) is 4.98 Å². The van der Waals surface area contributed by atoms with E-state index < -0.39 is 6.10 Å². The first-order valence-electron chi connectivity index (χ1n) is 8.69. The molecule has 1 saturated carbocycles. The van der Waals surface area contributed by atoms with Crippen LogP contribution in [0.4, 0.5) is 0 Å². The van der Waals surface area contributed by atoms with Gasteiger partial charge >= 0.3 is 0 Å². The van der Waals surface area contributed by atoms with E-state index in [1.807, 2.05) is 13.8 Å². The van der Waals surface area contributed by atoms with Gasteiger partial charge in [0.1, 0.15) is 0 Å². The number of hydrogen-bond acceptors (Lipinski definition) is 5. The number of hydrogen-bond donors (Lipinski definition) is 2. The molecule has 1 aliphatic heterocycles. The maximum absolute atomic E-state index is 12.4. The molecule has 5 nitrogen and oxygen atoms in total. The molecule has 0 unspecified atom stereocenters. The van der Waals surface area contributed by atoms with Crippen molar-refractivity contribution < 1.29 is 9.90 Å². The average molecular weight is 337 g/mol. The van der Waals surface area contributed by atoms with Crippen LogP contribution in [-0.2, 0) is 11.2 Å². The molecule has 0 radical (unpaired) electrons. The Morgan fingerprint density at radius 1 is 1.30 bits per heavy atom. The molecule has 23 heavy (non-hydrogen) atoms. The zero-order chi connectivity index (χ0) is 16.4. The Labute approximate surface area is 142 Å². The highest BCUT2D eigenvalue weighted by Crippen LogP contribution is 2.27. The highest BCUT2D eigenvalue weighted by molar-refractivity contribution is 7.11. The molecule has 0 aromatic carbocycles. The van der Waals surface area contributed by atoms with Crippen molar-refractivity contribution >= 4 is 17.2 Å². The van der Waals surface area contributed by atoms with Crippen LogP contribution in [0.1, 0.15) is 47.7 Å². The van der Waals surface area contributed by atoms with E-state index in [9.17, 15) is 9.90 Å². The van der Waals surface area contributed by atoms with Crippen molar-refractivity contribution in [3.05, 3.63) is 15.6 Å². The Morgan fingerprint density at radius 2 is 2.04 bits per heavy atom. The molecule has 1 saturated heterocycles. The van der Waals surface area contributed by atoms with Crippen molar-refractivity contribution in [1.29, 1.82) is 0 Å². The fourth-order valence-corrected chi connectivity index (χ4v) is 4.86. The number of carbonyl (C=O) groups is 1. The number of thiazole rings is 1. The van der Waals surface area contributed by atoms with Gasteiger partial charge in [-0.2, -0.15) is 0 Å². The van der Waals surface area contributed by atoms with Crippen molar-refractivity contribution in [1.82, 2.24) is 15.2 Å². The lowest BCUT2D eigenvalue weighted by atomic mass is 9.87. The number of amides is 1. The quantitative estimate of drug-likeness (QED) is 0.879. The lowest BCUT2D eigenvalue weighted by Gasteiger charge is -2.40. The summed E-state index contributed by atoms with van der Waals surface area (Å²) in [5.41, 5.74) is 0.946. The SMILES string of the molecule is Cc1nc(C)c(CC(=O)N[C@@H]2CCC[C@@H](N3CCCC3)[C@@H]2O)s1. The standard InChI is InChI=1S/C17H27N3O2S/c1-11-15(23-12(2)18-11)10-16(21)19-13-6-5-7-14(17(13)22)20-8-3-4-9-20/h13-14,17,22H,3-10H2,1-2H3,(H,19,21)/t13-,14-,17-/m1/s1. The van der Waals surface area contributed by atoms with Crippen LogP contribution in [0, 0.1) is 13.8 Å². The van der Waals surface area contributed by atoms with Crippen LogP contribution in [0.15, 0.2) is 0 Å². The number of aliphatic hydroxyl groups is 1. The maximum Gasteiger partial charge on any atom is 0.225 e. The number of aliphatic hydroxyl groups excluding tert-OH is 1. The van der Waals surface area contributed by atoms with Crippen molar-refractivity contribution in [3.8, 4) is 0 Å². The largest absolute Gasteiger partial charge is 0.389 e. The first-order valence-corrected chi connectivity index (χ1v) is 9.50. The number of nitrogens with zero attached hydrogens (tertiary/aromatic N) is 2. The second-order valence-electron chi connectivity index (χ2n) is 6.82. The Kier molecular flexibility index (Phi) is 5.34. The van der Waals surface area contributed by atoms with Gasteiger partial charge in [0.2, 0.25) is 5.91 Å². The summed E-state index contributed by atoms with van der Waals surface area (Å²) in [7, 11) is 0. The minimum absolute atomic E-state index is 0.00266. The van der Waals surface area contributed by atoms with E-state index in [4.69, 9.17) is 0 Å². The average Bonchev–Trinajstić information content (AvgIpc) is 3.12. The second-order valence-corrected chi connectivity index (χ2v) is 8.11. The summed E-state index contributed by atoms with van der Waals surface area (Å²) in [5.74, 6) is 0.00266. The molecule has 1 aromatic heterocycles. The van der Waals surface area contributed by atoms with Crippen LogP contribution in [0.25, 0.3) is 0 Å². The highest BCUT2D eigenvalue weighted by Gasteiger charge is 2.36.